The van der Waals surface area contributed by atoms with Gasteiger partial charge in [-0.3, -0.25) is 4.79 Å². The molecule has 0 saturated carbocycles. The molecule has 0 amide bonds. The SMILES string of the molecule is O=C(O)C(Cc1ccc(O)c(O)c1)N1CCCS1(=O)=O. The van der Waals surface area contributed by atoms with Crippen LogP contribution in [0.25, 0.3) is 0 Å². The molecule has 1 unspecified atom stereocenters. The molecular weight excluding hydrogens is 286 g/mol. The van der Waals surface area contributed by atoms with E-state index in [1.54, 1.807) is 0 Å². The third-order valence-corrected chi connectivity index (χ3v) is 5.20. The summed E-state index contributed by atoms with van der Waals surface area (Å²) in [4.78, 5) is 11.3. The maximum absolute atomic E-state index is 11.8. The highest BCUT2D eigenvalue weighted by atomic mass is 32.2. The number of aliphatic carboxylic acids is 1. The number of benzene rings is 1. The molecule has 1 aliphatic rings. The number of sulfonamides is 1. The van der Waals surface area contributed by atoms with Gasteiger partial charge in [0.1, 0.15) is 6.04 Å². The highest BCUT2D eigenvalue weighted by molar-refractivity contribution is 7.89. The predicted molar refractivity (Wildman–Crippen MR) is 70.0 cm³/mol. The van der Waals surface area contributed by atoms with E-state index in [-0.39, 0.29) is 30.2 Å². The van der Waals surface area contributed by atoms with Gasteiger partial charge < -0.3 is 15.3 Å². The van der Waals surface area contributed by atoms with Crippen molar-refractivity contribution in [3.63, 3.8) is 0 Å². The zero-order valence-electron chi connectivity index (χ0n) is 10.6. The van der Waals surface area contributed by atoms with Crippen molar-refractivity contribution in [3.05, 3.63) is 23.8 Å². The first-order valence-electron chi connectivity index (χ1n) is 6.04. The van der Waals surface area contributed by atoms with Crippen LogP contribution in [-0.2, 0) is 21.2 Å². The van der Waals surface area contributed by atoms with Crippen molar-refractivity contribution in [1.29, 1.82) is 0 Å². The Hall–Kier alpha value is -1.80. The molecule has 0 spiro atoms. The van der Waals surface area contributed by atoms with Crippen LogP contribution in [0.5, 0.6) is 11.5 Å². The van der Waals surface area contributed by atoms with E-state index in [9.17, 15) is 28.5 Å². The standard InChI is InChI=1S/C12H15NO6S/c14-10-3-2-8(7-11(10)15)6-9(12(16)17)13-4-1-5-20(13,18)19/h2-3,7,9,14-15H,1,4-6H2,(H,16,17). The molecule has 7 nitrogen and oxygen atoms in total. The van der Waals surface area contributed by atoms with Gasteiger partial charge in [0.25, 0.3) is 0 Å². The number of aromatic hydroxyl groups is 2. The minimum absolute atomic E-state index is 0.0440. The lowest BCUT2D eigenvalue weighted by atomic mass is 10.1. The molecule has 1 aromatic carbocycles. The van der Waals surface area contributed by atoms with Crippen molar-refractivity contribution in [1.82, 2.24) is 4.31 Å². The summed E-state index contributed by atoms with van der Waals surface area (Å²) in [5.74, 6) is -1.95. The van der Waals surface area contributed by atoms with Gasteiger partial charge in [0.05, 0.1) is 5.75 Å². The fourth-order valence-corrected chi connectivity index (χ4v) is 3.93. The minimum Gasteiger partial charge on any atom is -0.504 e. The van der Waals surface area contributed by atoms with Crippen LogP contribution in [0, 0.1) is 0 Å². The summed E-state index contributed by atoms with van der Waals surface area (Å²) in [5, 5.41) is 27.8. The highest BCUT2D eigenvalue weighted by Crippen LogP contribution is 2.27. The second-order valence-corrected chi connectivity index (χ2v) is 6.70. The summed E-state index contributed by atoms with van der Waals surface area (Å²) in [5.41, 5.74) is 0.440. The van der Waals surface area contributed by atoms with Crippen LogP contribution in [0.1, 0.15) is 12.0 Å². The summed E-state index contributed by atoms with van der Waals surface area (Å²) in [6, 6.07) is 2.72. The van der Waals surface area contributed by atoms with Crippen LogP contribution in [-0.4, -0.2) is 52.4 Å². The van der Waals surface area contributed by atoms with E-state index in [0.29, 0.717) is 12.0 Å². The third kappa shape index (κ3) is 2.86. The number of nitrogens with zero attached hydrogens (tertiary/aromatic N) is 1. The first-order valence-corrected chi connectivity index (χ1v) is 7.65. The van der Waals surface area contributed by atoms with Gasteiger partial charge in [-0.25, -0.2) is 8.42 Å². The zero-order chi connectivity index (χ0) is 14.9. The second-order valence-electron chi connectivity index (χ2n) is 4.66. The van der Waals surface area contributed by atoms with E-state index in [1.807, 2.05) is 0 Å². The Bertz CT molecular complexity index is 627. The lowest BCUT2D eigenvalue weighted by molar-refractivity contribution is -0.141. The molecule has 110 valence electrons. The molecule has 0 aromatic heterocycles. The normalized spacial score (nSPS) is 19.8. The fourth-order valence-electron chi connectivity index (χ4n) is 2.24. The molecule has 1 saturated heterocycles. The van der Waals surface area contributed by atoms with Gasteiger partial charge in [-0.05, 0) is 30.5 Å². The Balaban J connectivity index is 2.26. The number of carbonyl (C=O) groups is 1. The van der Waals surface area contributed by atoms with Crippen molar-refractivity contribution in [2.45, 2.75) is 18.9 Å². The zero-order valence-corrected chi connectivity index (χ0v) is 11.4. The van der Waals surface area contributed by atoms with E-state index in [4.69, 9.17) is 0 Å². The molecule has 1 heterocycles. The smallest absolute Gasteiger partial charge is 0.322 e. The summed E-state index contributed by atoms with van der Waals surface area (Å²) in [6.07, 6.45) is 0.343. The molecule has 8 heteroatoms. The van der Waals surface area contributed by atoms with Crippen molar-refractivity contribution in [2.75, 3.05) is 12.3 Å². The first kappa shape index (κ1) is 14.6. The first-order chi connectivity index (χ1) is 9.31. The maximum atomic E-state index is 11.8. The van der Waals surface area contributed by atoms with E-state index in [1.165, 1.54) is 18.2 Å². The topological polar surface area (TPSA) is 115 Å². The van der Waals surface area contributed by atoms with Crippen molar-refractivity contribution >= 4 is 16.0 Å². The van der Waals surface area contributed by atoms with Gasteiger partial charge in [0, 0.05) is 6.54 Å². The largest absolute Gasteiger partial charge is 0.504 e. The van der Waals surface area contributed by atoms with Gasteiger partial charge >= 0.3 is 5.97 Å². The summed E-state index contributed by atoms with van der Waals surface area (Å²) in [7, 11) is -3.53. The molecule has 1 fully saturated rings. The molecule has 2 rings (SSSR count). The molecule has 20 heavy (non-hydrogen) atoms. The molecular formula is C12H15NO6S. The molecule has 1 aromatic rings. The van der Waals surface area contributed by atoms with E-state index in [2.05, 4.69) is 0 Å². The van der Waals surface area contributed by atoms with Crippen LogP contribution >= 0.6 is 0 Å². The van der Waals surface area contributed by atoms with Crippen molar-refractivity contribution in [2.24, 2.45) is 0 Å². The van der Waals surface area contributed by atoms with Gasteiger partial charge in [0.2, 0.25) is 10.0 Å². The number of rotatable bonds is 4. The molecule has 1 atom stereocenters. The van der Waals surface area contributed by atoms with Crippen LogP contribution in [0.3, 0.4) is 0 Å². The van der Waals surface area contributed by atoms with Crippen LogP contribution < -0.4 is 0 Å². The Kier molecular flexibility index (Phi) is 3.87. The van der Waals surface area contributed by atoms with Gasteiger partial charge in [-0.1, -0.05) is 6.07 Å². The second kappa shape index (κ2) is 5.29. The van der Waals surface area contributed by atoms with E-state index < -0.39 is 22.0 Å². The third-order valence-electron chi connectivity index (χ3n) is 3.24. The lowest BCUT2D eigenvalue weighted by Crippen LogP contribution is -2.43. The molecule has 1 aliphatic heterocycles. The average molecular weight is 301 g/mol. The summed E-state index contributed by atoms with van der Waals surface area (Å²) < 4.78 is 24.6. The van der Waals surface area contributed by atoms with E-state index >= 15 is 0 Å². The van der Waals surface area contributed by atoms with Crippen molar-refractivity contribution < 1.29 is 28.5 Å². The highest BCUT2D eigenvalue weighted by Gasteiger charge is 2.38. The number of carboxylic acid groups (broad SMARTS) is 1. The van der Waals surface area contributed by atoms with Crippen LogP contribution in [0.2, 0.25) is 0 Å². The Morgan fingerprint density at radius 2 is 2.00 bits per heavy atom. The van der Waals surface area contributed by atoms with Gasteiger partial charge in [-0.15, -0.1) is 0 Å². The fraction of sp³-hybridized carbons (Fsp3) is 0.417. The minimum atomic E-state index is -3.53. The number of phenols is 2. The predicted octanol–water partition coefficient (Wildman–Crippen LogP) is 0.129. The number of hydrogen-bond acceptors (Lipinski definition) is 5. The van der Waals surface area contributed by atoms with Gasteiger partial charge in [0.15, 0.2) is 11.5 Å². The monoisotopic (exact) mass is 301 g/mol. The van der Waals surface area contributed by atoms with E-state index in [0.717, 1.165) is 4.31 Å². The lowest BCUT2D eigenvalue weighted by Gasteiger charge is -2.22. The number of carboxylic acids is 1. The van der Waals surface area contributed by atoms with Crippen LogP contribution in [0.15, 0.2) is 18.2 Å². The van der Waals surface area contributed by atoms with Crippen molar-refractivity contribution in [3.8, 4) is 11.5 Å². The molecule has 0 bridgehead atoms. The Labute approximate surface area is 116 Å². The average Bonchev–Trinajstić information content (AvgIpc) is 2.70. The quantitative estimate of drug-likeness (QED) is 0.681. The summed E-state index contributed by atoms with van der Waals surface area (Å²) >= 11 is 0. The summed E-state index contributed by atoms with van der Waals surface area (Å²) in [6.45, 7) is 0.184. The molecule has 3 N–H and O–H groups in total. The number of hydrogen-bond donors (Lipinski definition) is 3. The molecule has 0 aliphatic carbocycles. The maximum Gasteiger partial charge on any atom is 0.322 e. The Morgan fingerprint density at radius 3 is 2.50 bits per heavy atom. The van der Waals surface area contributed by atoms with Gasteiger partial charge in [-0.2, -0.15) is 4.31 Å². The van der Waals surface area contributed by atoms with Crippen LogP contribution in [0.4, 0.5) is 0 Å². The Morgan fingerprint density at radius 1 is 1.30 bits per heavy atom. The number of phenolic OH excluding ortho intramolecular Hbond substituents is 2. The molecule has 0 radical (unpaired) electrons.